The van der Waals surface area contributed by atoms with Gasteiger partial charge in [-0.3, -0.25) is 9.97 Å². The fraction of sp³-hybridized carbons (Fsp3) is 0.192. The first kappa shape index (κ1) is 23.1. The Labute approximate surface area is 202 Å². The number of halogens is 1. The predicted molar refractivity (Wildman–Crippen MR) is 132 cm³/mol. The van der Waals surface area contributed by atoms with Gasteiger partial charge in [-0.15, -0.1) is 0 Å². The molecule has 0 radical (unpaired) electrons. The van der Waals surface area contributed by atoms with Gasteiger partial charge in [-0.05, 0) is 43.7 Å². The molecule has 0 saturated heterocycles. The standard InChI is InChI=1S/C26H23ClN4O3/c1-3-22-19(14-28)26(18-12-21(29)25(32-4-2)13-23(18)31-22)34-17-8-9-24(20(27)11-17)33-15-16-7-5-6-10-30-16/h5-13H,3-4,15,29H2,1-2H3. The van der Waals surface area contributed by atoms with Crippen LogP contribution in [0.5, 0.6) is 23.0 Å². The zero-order valence-electron chi connectivity index (χ0n) is 18.8. The number of hydrogen-bond acceptors (Lipinski definition) is 7. The van der Waals surface area contributed by atoms with Gasteiger partial charge in [0.2, 0.25) is 0 Å². The summed E-state index contributed by atoms with van der Waals surface area (Å²) in [6, 6.07) is 16.4. The van der Waals surface area contributed by atoms with Crippen LogP contribution in [0.15, 0.2) is 54.7 Å². The van der Waals surface area contributed by atoms with Crippen LogP contribution < -0.4 is 19.9 Å². The molecule has 2 aromatic carbocycles. The Balaban J connectivity index is 1.69. The topological polar surface area (TPSA) is 103 Å². The maximum absolute atomic E-state index is 9.87. The molecule has 2 heterocycles. The summed E-state index contributed by atoms with van der Waals surface area (Å²) in [7, 11) is 0. The molecule has 2 aromatic heterocycles. The van der Waals surface area contributed by atoms with Gasteiger partial charge in [0, 0.05) is 23.7 Å². The highest BCUT2D eigenvalue weighted by Gasteiger charge is 2.19. The van der Waals surface area contributed by atoms with Crippen molar-refractivity contribution >= 4 is 28.2 Å². The Morgan fingerprint density at radius 3 is 2.59 bits per heavy atom. The Kier molecular flexibility index (Phi) is 7.00. The fourth-order valence-electron chi connectivity index (χ4n) is 3.50. The van der Waals surface area contributed by atoms with E-state index in [0.29, 0.717) is 68.9 Å². The van der Waals surface area contributed by atoms with Gasteiger partial charge in [0.05, 0.1) is 34.2 Å². The lowest BCUT2D eigenvalue weighted by Gasteiger charge is -2.16. The fourth-order valence-corrected chi connectivity index (χ4v) is 3.73. The number of aryl methyl sites for hydroxylation is 1. The van der Waals surface area contributed by atoms with E-state index in [9.17, 15) is 5.26 Å². The van der Waals surface area contributed by atoms with E-state index in [4.69, 9.17) is 31.5 Å². The van der Waals surface area contributed by atoms with E-state index >= 15 is 0 Å². The van der Waals surface area contributed by atoms with Crippen LogP contribution in [0.25, 0.3) is 10.9 Å². The molecule has 0 bridgehead atoms. The summed E-state index contributed by atoms with van der Waals surface area (Å²) >= 11 is 6.45. The molecule has 4 rings (SSSR count). The number of hydrogen-bond donors (Lipinski definition) is 1. The quantitative estimate of drug-likeness (QED) is 0.309. The zero-order chi connectivity index (χ0) is 24.1. The summed E-state index contributed by atoms with van der Waals surface area (Å²) in [6.07, 6.45) is 2.27. The normalized spacial score (nSPS) is 10.6. The number of rotatable bonds is 8. The van der Waals surface area contributed by atoms with Crippen molar-refractivity contribution in [1.29, 1.82) is 5.26 Å². The van der Waals surface area contributed by atoms with E-state index in [-0.39, 0.29) is 6.61 Å². The van der Waals surface area contributed by atoms with Crippen molar-refractivity contribution in [2.24, 2.45) is 0 Å². The van der Waals surface area contributed by atoms with E-state index < -0.39 is 0 Å². The number of pyridine rings is 2. The number of anilines is 1. The molecule has 0 aliphatic heterocycles. The van der Waals surface area contributed by atoms with Crippen LogP contribution in [-0.2, 0) is 13.0 Å². The number of nitrogens with zero attached hydrogens (tertiary/aromatic N) is 3. The van der Waals surface area contributed by atoms with Crippen LogP contribution in [0, 0.1) is 11.3 Å². The van der Waals surface area contributed by atoms with Gasteiger partial charge in [-0.25, -0.2) is 0 Å². The number of benzene rings is 2. The molecule has 0 atom stereocenters. The minimum absolute atomic E-state index is 0.287. The van der Waals surface area contributed by atoms with Crippen LogP contribution in [0.3, 0.4) is 0 Å². The van der Waals surface area contributed by atoms with Gasteiger partial charge in [0.1, 0.15) is 35.5 Å². The van der Waals surface area contributed by atoms with Crippen molar-refractivity contribution < 1.29 is 14.2 Å². The van der Waals surface area contributed by atoms with E-state index in [0.717, 1.165) is 5.69 Å². The van der Waals surface area contributed by atoms with Crippen molar-refractivity contribution in [2.45, 2.75) is 26.9 Å². The summed E-state index contributed by atoms with van der Waals surface area (Å²) in [5.74, 6) is 1.86. The summed E-state index contributed by atoms with van der Waals surface area (Å²) in [5.41, 5.74) is 9.02. The minimum atomic E-state index is 0.287. The van der Waals surface area contributed by atoms with Crippen molar-refractivity contribution in [3.05, 3.63) is 76.7 Å². The molecule has 0 fully saturated rings. The van der Waals surface area contributed by atoms with Crippen molar-refractivity contribution in [2.75, 3.05) is 12.3 Å². The summed E-state index contributed by atoms with van der Waals surface area (Å²) in [4.78, 5) is 8.88. The lowest BCUT2D eigenvalue weighted by atomic mass is 10.1. The van der Waals surface area contributed by atoms with E-state index in [1.165, 1.54) is 0 Å². The third-order valence-electron chi connectivity index (χ3n) is 5.12. The molecule has 0 spiro atoms. The second-order valence-electron chi connectivity index (χ2n) is 7.37. The van der Waals surface area contributed by atoms with Gasteiger partial charge in [0.25, 0.3) is 0 Å². The van der Waals surface area contributed by atoms with Crippen LogP contribution in [-0.4, -0.2) is 16.6 Å². The third-order valence-corrected chi connectivity index (χ3v) is 5.41. The highest BCUT2D eigenvalue weighted by atomic mass is 35.5. The monoisotopic (exact) mass is 474 g/mol. The molecule has 34 heavy (non-hydrogen) atoms. The average molecular weight is 475 g/mol. The minimum Gasteiger partial charge on any atom is -0.492 e. The number of ether oxygens (including phenoxy) is 3. The highest BCUT2D eigenvalue weighted by molar-refractivity contribution is 6.32. The molecular formula is C26H23ClN4O3. The smallest absolute Gasteiger partial charge is 0.156 e. The van der Waals surface area contributed by atoms with E-state index in [1.807, 2.05) is 32.0 Å². The summed E-state index contributed by atoms with van der Waals surface area (Å²) in [6.45, 7) is 4.58. The largest absolute Gasteiger partial charge is 0.492 e. The van der Waals surface area contributed by atoms with Crippen LogP contribution >= 0.6 is 11.6 Å². The number of nitriles is 1. The molecule has 0 saturated carbocycles. The molecule has 4 aromatic rings. The molecule has 8 heteroatoms. The predicted octanol–water partition coefficient (Wildman–Crippen LogP) is 6.07. The number of nitrogen functional groups attached to an aromatic ring is 1. The van der Waals surface area contributed by atoms with E-state index in [2.05, 4.69) is 16.0 Å². The highest BCUT2D eigenvalue weighted by Crippen LogP contribution is 2.40. The van der Waals surface area contributed by atoms with Crippen LogP contribution in [0.2, 0.25) is 5.02 Å². The molecule has 0 aliphatic rings. The van der Waals surface area contributed by atoms with Crippen LogP contribution in [0.4, 0.5) is 5.69 Å². The number of aromatic nitrogens is 2. The molecule has 2 N–H and O–H groups in total. The van der Waals surface area contributed by atoms with Crippen molar-refractivity contribution in [3.8, 4) is 29.1 Å². The maximum atomic E-state index is 9.87. The summed E-state index contributed by atoms with van der Waals surface area (Å²) < 4.78 is 17.6. The van der Waals surface area contributed by atoms with Crippen LogP contribution in [0.1, 0.15) is 30.8 Å². The average Bonchev–Trinajstić information content (AvgIpc) is 2.85. The first-order valence-corrected chi connectivity index (χ1v) is 11.2. The van der Waals surface area contributed by atoms with Crippen molar-refractivity contribution in [3.63, 3.8) is 0 Å². The second-order valence-corrected chi connectivity index (χ2v) is 7.78. The Hall–Kier alpha value is -4.02. The number of fused-ring (bicyclic) bond motifs is 1. The molecule has 0 unspecified atom stereocenters. The van der Waals surface area contributed by atoms with Gasteiger partial charge < -0.3 is 19.9 Å². The van der Waals surface area contributed by atoms with E-state index in [1.54, 1.807) is 36.5 Å². The Bertz CT molecular complexity index is 1370. The molecule has 0 aliphatic carbocycles. The molecule has 7 nitrogen and oxygen atoms in total. The van der Waals surface area contributed by atoms with Gasteiger partial charge >= 0.3 is 0 Å². The first-order valence-electron chi connectivity index (χ1n) is 10.8. The maximum Gasteiger partial charge on any atom is 0.156 e. The molecular weight excluding hydrogens is 452 g/mol. The number of nitrogens with two attached hydrogens (primary N) is 1. The van der Waals surface area contributed by atoms with Crippen molar-refractivity contribution in [1.82, 2.24) is 9.97 Å². The molecule has 172 valence electrons. The Morgan fingerprint density at radius 1 is 1.06 bits per heavy atom. The van der Waals surface area contributed by atoms with Gasteiger partial charge in [-0.1, -0.05) is 24.6 Å². The SMILES string of the molecule is CCOc1cc2nc(CC)c(C#N)c(Oc3ccc(OCc4ccccn4)c(Cl)c3)c2cc1N. The van der Waals surface area contributed by atoms with Gasteiger partial charge in [-0.2, -0.15) is 5.26 Å². The summed E-state index contributed by atoms with van der Waals surface area (Å²) in [5, 5.41) is 10.9. The lowest BCUT2D eigenvalue weighted by molar-refractivity contribution is 0.301. The zero-order valence-corrected chi connectivity index (χ0v) is 19.6. The third kappa shape index (κ3) is 4.82. The van der Waals surface area contributed by atoms with Gasteiger partial charge in [0.15, 0.2) is 5.75 Å². The second kappa shape index (κ2) is 10.3. The Morgan fingerprint density at radius 2 is 1.91 bits per heavy atom. The first-order chi connectivity index (χ1) is 16.5. The lowest BCUT2D eigenvalue weighted by Crippen LogP contribution is -2.02. The molecule has 0 amide bonds.